The first-order valence-corrected chi connectivity index (χ1v) is 8.38. The van der Waals surface area contributed by atoms with Gasteiger partial charge in [-0.15, -0.1) is 0 Å². The molecule has 23 heavy (non-hydrogen) atoms. The molecule has 1 aromatic heterocycles. The minimum absolute atomic E-state index is 0.0559. The van der Waals surface area contributed by atoms with Crippen LogP contribution in [0.3, 0.4) is 0 Å². The SMILES string of the molecule is CC(C)c1noc([C@@H](C)NC(=O)CCC(=O)NC2CCCC2)n1. The molecule has 0 aromatic carbocycles. The average molecular weight is 322 g/mol. The van der Waals surface area contributed by atoms with Gasteiger partial charge in [0.1, 0.15) is 6.04 Å². The molecule has 2 amide bonds. The van der Waals surface area contributed by atoms with Crippen LogP contribution >= 0.6 is 0 Å². The van der Waals surface area contributed by atoms with Crippen molar-refractivity contribution in [1.82, 2.24) is 20.8 Å². The minimum Gasteiger partial charge on any atom is -0.353 e. The molecule has 128 valence electrons. The third kappa shape index (κ3) is 5.33. The number of carbonyl (C=O) groups is 2. The van der Waals surface area contributed by atoms with Gasteiger partial charge in [-0.1, -0.05) is 31.8 Å². The second kappa shape index (κ2) is 8.08. The maximum atomic E-state index is 11.9. The maximum Gasteiger partial charge on any atom is 0.248 e. The lowest BCUT2D eigenvalue weighted by molar-refractivity contribution is -0.127. The molecule has 1 atom stereocenters. The Morgan fingerprint density at radius 2 is 1.83 bits per heavy atom. The summed E-state index contributed by atoms with van der Waals surface area (Å²) < 4.78 is 5.15. The van der Waals surface area contributed by atoms with Gasteiger partial charge in [0.05, 0.1) is 0 Å². The van der Waals surface area contributed by atoms with Crippen molar-refractivity contribution in [2.45, 2.75) is 77.3 Å². The van der Waals surface area contributed by atoms with Crippen LogP contribution in [0.2, 0.25) is 0 Å². The van der Waals surface area contributed by atoms with E-state index in [1.165, 1.54) is 12.8 Å². The molecule has 7 nitrogen and oxygen atoms in total. The molecule has 2 N–H and O–H groups in total. The molecule has 0 saturated heterocycles. The number of hydrogen-bond donors (Lipinski definition) is 2. The van der Waals surface area contributed by atoms with E-state index in [9.17, 15) is 9.59 Å². The number of carbonyl (C=O) groups excluding carboxylic acids is 2. The number of rotatable bonds is 7. The Morgan fingerprint density at radius 3 is 2.43 bits per heavy atom. The Kier molecular flexibility index (Phi) is 6.12. The van der Waals surface area contributed by atoms with Gasteiger partial charge < -0.3 is 15.2 Å². The van der Waals surface area contributed by atoms with Gasteiger partial charge in [0.25, 0.3) is 0 Å². The van der Waals surface area contributed by atoms with E-state index < -0.39 is 0 Å². The second-order valence-electron chi connectivity index (χ2n) is 6.48. The van der Waals surface area contributed by atoms with Gasteiger partial charge in [-0.25, -0.2) is 0 Å². The number of amides is 2. The smallest absolute Gasteiger partial charge is 0.248 e. The molecule has 0 unspecified atom stereocenters. The van der Waals surface area contributed by atoms with Crippen molar-refractivity contribution in [3.8, 4) is 0 Å². The van der Waals surface area contributed by atoms with E-state index >= 15 is 0 Å². The maximum absolute atomic E-state index is 11.9. The molecule has 1 aromatic rings. The highest BCUT2D eigenvalue weighted by Gasteiger charge is 2.20. The predicted molar refractivity (Wildman–Crippen MR) is 84.6 cm³/mol. The van der Waals surface area contributed by atoms with E-state index in [1.54, 1.807) is 6.92 Å². The Labute approximate surface area is 136 Å². The van der Waals surface area contributed by atoms with Crippen molar-refractivity contribution in [3.05, 3.63) is 11.7 Å². The monoisotopic (exact) mass is 322 g/mol. The van der Waals surface area contributed by atoms with Gasteiger partial charge in [0.15, 0.2) is 5.82 Å². The average Bonchev–Trinajstić information content (AvgIpc) is 3.16. The number of nitrogens with zero attached hydrogens (tertiary/aromatic N) is 2. The molecule has 1 fully saturated rings. The number of nitrogens with one attached hydrogen (secondary N) is 2. The van der Waals surface area contributed by atoms with E-state index in [4.69, 9.17) is 4.52 Å². The van der Waals surface area contributed by atoms with Gasteiger partial charge in [0, 0.05) is 24.8 Å². The summed E-state index contributed by atoms with van der Waals surface area (Å²) in [5.41, 5.74) is 0. The Balaban J connectivity index is 1.71. The quantitative estimate of drug-likeness (QED) is 0.802. The molecule has 1 heterocycles. The summed E-state index contributed by atoms with van der Waals surface area (Å²) in [6.07, 6.45) is 4.80. The highest BCUT2D eigenvalue weighted by atomic mass is 16.5. The zero-order valence-electron chi connectivity index (χ0n) is 14.1. The van der Waals surface area contributed by atoms with Gasteiger partial charge in [-0.3, -0.25) is 9.59 Å². The third-order valence-electron chi connectivity index (χ3n) is 4.02. The molecule has 0 bridgehead atoms. The van der Waals surface area contributed by atoms with Crippen molar-refractivity contribution in [2.75, 3.05) is 0 Å². The highest BCUT2D eigenvalue weighted by molar-refractivity contribution is 5.83. The van der Waals surface area contributed by atoms with Crippen molar-refractivity contribution < 1.29 is 14.1 Å². The van der Waals surface area contributed by atoms with Gasteiger partial charge >= 0.3 is 0 Å². The lowest BCUT2D eigenvalue weighted by Gasteiger charge is -2.12. The van der Waals surface area contributed by atoms with Crippen LogP contribution < -0.4 is 10.6 Å². The molecule has 0 spiro atoms. The normalized spacial score (nSPS) is 16.5. The summed E-state index contributed by atoms with van der Waals surface area (Å²) in [6.45, 7) is 5.73. The minimum atomic E-state index is -0.361. The van der Waals surface area contributed by atoms with Crippen LogP contribution in [0.1, 0.15) is 83.0 Å². The molecule has 0 radical (unpaired) electrons. The van der Waals surface area contributed by atoms with Crippen LogP contribution in [0.5, 0.6) is 0 Å². The van der Waals surface area contributed by atoms with Crippen LogP contribution in [0, 0.1) is 0 Å². The van der Waals surface area contributed by atoms with Crippen LogP contribution in [0.4, 0.5) is 0 Å². The Morgan fingerprint density at radius 1 is 1.17 bits per heavy atom. The first-order valence-electron chi connectivity index (χ1n) is 8.38. The van der Waals surface area contributed by atoms with Crippen LogP contribution in [-0.4, -0.2) is 28.0 Å². The van der Waals surface area contributed by atoms with Crippen molar-refractivity contribution >= 4 is 11.8 Å². The molecule has 2 rings (SSSR count). The highest BCUT2D eigenvalue weighted by Crippen LogP contribution is 2.18. The standard InChI is InChI=1S/C16H26N4O3/c1-10(2)15-19-16(23-20-15)11(3)17-13(21)8-9-14(22)18-12-6-4-5-7-12/h10-12H,4-9H2,1-3H3,(H,17,21)(H,18,22)/t11-/m1/s1. The van der Waals surface area contributed by atoms with Crippen LogP contribution in [0.25, 0.3) is 0 Å². The third-order valence-corrected chi connectivity index (χ3v) is 4.02. The zero-order valence-corrected chi connectivity index (χ0v) is 14.1. The van der Waals surface area contributed by atoms with Crippen LogP contribution in [0.15, 0.2) is 4.52 Å². The molecular weight excluding hydrogens is 296 g/mol. The van der Waals surface area contributed by atoms with E-state index in [1.807, 2.05) is 13.8 Å². The Bertz CT molecular complexity index is 535. The molecule has 1 aliphatic rings. The first kappa shape index (κ1) is 17.4. The fourth-order valence-electron chi connectivity index (χ4n) is 2.63. The lowest BCUT2D eigenvalue weighted by atomic mass is 10.2. The summed E-state index contributed by atoms with van der Waals surface area (Å²) in [7, 11) is 0. The van der Waals surface area contributed by atoms with E-state index in [0.29, 0.717) is 11.7 Å². The Hall–Kier alpha value is -1.92. The summed E-state index contributed by atoms with van der Waals surface area (Å²) in [5, 5.41) is 9.63. The second-order valence-corrected chi connectivity index (χ2v) is 6.48. The molecule has 7 heteroatoms. The largest absolute Gasteiger partial charge is 0.353 e. The van der Waals surface area contributed by atoms with Crippen LogP contribution in [-0.2, 0) is 9.59 Å². The van der Waals surface area contributed by atoms with Crippen molar-refractivity contribution in [3.63, 3.8) is 0 Å². The number of aromatic nitrogens is 2. The molecule has 1 saturated carbocycles. The van der Waals surface area contributed by atoms with E-state index in [-0.39, 0.29) is 42.7 Å². The fourth-order valence-corrected chi connectivity index (χ4v) is 2.63. The van der Waals surface area contributed by atoms with E-state index in [0.717, 1.165) is 12.8 Å². The van der Waals surface area contributed by atoms with Crippen molar-refractivity contribution in [1.29, 1.82) is 0 Å². The molecular formula is C16H26N4O3. The lowest BCUT2D eigenvalue weighted by Crippen LogP contribution is -2.34. The van der Waals surface area contributed by atoms with Crippen molar-refractivity contribution in [2.24, 2.45) is 0 Å². The van der Waals surface area contributed by atoms with Gasteiger partial charge in [0.2, 0.25) is 17.7 Å². The number of hydrogen-bond acceptors (Lipinski definition) is 5. The topological polar surface area (TPSA) is 97.1 Å². The zero-order chi connectivity index (χ0) is 16.8. The predicted octanol–water partition coefficient (Wildman–Crippen LogP) is 2.21. The first-order chi connectivity index (χ1) is 11.0. The fraction of sp³-hybridized carbons (Fsp3) is 0.750. The van der Waals surface area contributed by atoms with Gasteiger partial charge in [-0.05, 0) is 19.8 Å². The molecule has 1 aliphatic carbocycles. The summed E-state index contributed by atoms with van der Waals surface area (Å²) in [6, 6.07) is -0.0716. The van der Waals surface area contributed by atoms with E-state index in [2.05, 4.69) is 20.8 Å². The summed E-state index contributed by atoms with van der Waals surface area (Å²) in [4.78, 5) is 28.0. The molecule has 0 aliphatic heterocycles. The summed E-state index contributed by atoms with van der Waals surface area (Å²) >= 11 is 0. The summed E-state index contributed by atoms with van der Waals surface area (Å²) in [5.74, 6) is 0.937. The van der Waals surface area contributed by atoms with Gasteiger partial charge in [-0.2, -0.15) is 4.98 Å².